The van der Waals surface area contributed by atoms with Crippen LogP contribution >= 0.6 is 15.3 Å². The summed E-state index contributed by atoms with van der Waals surface area (Å²) in [4.78, 5) is 0. The van der Waals surface area contributed by atoms with E-state index >= 15 is 0 Å². The van der Waals surface area contributed by atoms with Gasteiger partial charge in [-0.3, -0.25) is 0 Å². The molecule has 0 N–H and O–H groups in total. The van der Waals surface area contributed by atoms with Gasteiger partial charge in [0.1, 0.15) is 0 Å². The van der Waals surface area contributed by atoms with Crippen molar-refractivity contribution in [2.24, 2.45) is 0 Å². The zero-order chi connectivity index (χ0) is 5.86. The van der Waals surface area contributed by atoms with Crippen LogP contribution in [-0.4, -0.2) is 20.2 Å². The zero-order valence-corrected chi connectivity index (χ0v) is 5.72. The predicted octanol–water partition coefficient (Wildman–Crippen LogP) is 1.70. The van der Waals surface area contributed by atoms with Gasteiger partial charge in [0.15, 0.2) is 0 Å². The van der Waals surface area contributed by atoms with Crippen LogP contribution in [0.25, 0.3) is 0 Å². The first-order valence-electron chi connectivity index (χ1n) is 1.62. The molecule has 7 heavy (non-hydrogen) atoms. The summed E-state index contributed by atoms with van der Waals surface area (Å²) in [5, 5.41) is 0. The molecule has 0 amide bonds. The second-order valence-corrected chi connectivity index (χ2v) is 3.81. The van der Waals surface area contributed by atoms with Crippen molar-refractivity contribution in [3.8, 4) is 0 Å². The molecule has 38 valence electrons. The fourth-order valence-corrected chi connectivity index (χ4v) is 1.55. The first-order chi connectivity index (χ1) is 3.13. The average Bonchev–Trinajstić information content (AvgIpc) is 1.27. The summed E-state index contributed by atoms with van der Waals surface area (Å²) in [6, 6.07) is 0. The topological polar surface area (TPSA) is 0 Å². The Hall–Kier alpha value is 0.720. The molecule has 0 heterocycles. The Balaban J connectivity index is 3.68. The molecule has 0 rings (SSSR count). The van der Waals surface area contributed by atoms with Gasteiger partial charge in [0.2, 0.25) is 0 Å². The van der Waals surface area contributed by atoms with Gasteiger partial charge < -0.3 is 0 Å². The molecule has 0 radical (unpaired) electrons. The van der Waals surface area contributed by atoms with Gasteiger partial charge in [0, 0.05) is 0 Å². The SMILES string of the molecule is B=P(F)=BP(C)F. The van der Waals surface area contributed by atoms with Crippen LogP contribution in [-0.2, 0) is 0 Å². The van der Waals surface area contributed by atoms with Crippen LogP contribution in [0.1, 0.15) is 0 Å². The molecule has 0 nitrogen and oxygen atoms in total. The van der Waals surface area contributed by atoms with E-state index in [-0.39, 0.29) is 0 Å². The van der Waals surface area contributed by atoms with E-state index in [1.54, 1.807) is 0 Å². The van der Waals surface area contributed by atoms with Crippen molar-refractivity contribution in [1.29, 1.82) is 0 Å². The molecule has 0 spiro atoms. The minimum atomic E-state index is -1.86. The molecule has 2 unspecified atom stereocenters. The monoisotopic (exact) mass is 138 g/mol. The molecule has 0 aliphatic heterocycles. The molecular weight excluding hydrogens is 134 g/mol. The van der Waals surface area contributed by atoms with E-state index in [2.05, 4.69) is 7.18 Å². The van der Waals surface area contributed by atoms with Crippen molar-refractivity contribution >= 4 is 28.8 Å². The Labute approximate surface area is 44.8 Å². The summed E-state index contributed by atoms with van der Waals surface area (Å²) < 4.78 is 23.3. The van der Waals surface area contributed by atoms with E-state index in [1.165, 1.54) is 6.66 Å². The van der Waals surface area contributed by atoms with Gasteiger partial charge in [-0.15, -0.1) is 0 Å². The fraction of sp³-hybridized carbons (Fsp3) is 1.00. The molecule has 0 saturated carbocycles. The Bertz CT molecular complexity index is 115. The van der Waals surface area contributed by atoms with E-state index in [0.29, 0.717) is 0 Å². The molecular formula is CH4B2F2P2. The van der Waals surface area contributed by atoms with Gasteiger partial charge in [-0.2, -0.15) is 0 Å². The first kappa shape index (κ1) is 7.72. The quantitative estimate of drug-likeness (QED) is 0.381. The summed E-state index contributed by atoms with van der Waals surface area (Å²) in [5.74, 6) is 0. The molecule has 0 aliphatic carbocycles. The first-order valence-corrected chi connectivity index (χ1v) is 4.85. The van der Waals surface area contributed by atoms with Gasteiger partial charge >= 0.3 is 43.9 Å². The summed E-state index contributed by atoms with van der Waals surface area (Å²) in [6.07, 6.45) is 1.02. The predicted molar refractivity (Wildman–Crippen MR) is 34.9 cm³/mol. The summed E-state index contributed by atoms with van der Waals surface area (Å²) in [6.45, 7) is 1.34. The second kappa shape index (κ2) is 3.69. The van der Waals surface area contributed by atoms with E-state index in [1.807, 2.05) is 0 Å². The summed E-state index contributed by atoms with van der Waals surface area (Å²) >= 11 is 0. The maximum atomic E-state index is 11.7. The molecule has 0 aliphatic rings. The summed E-state index contributed by atoms with van der Waals surface area (Å²) in [5.41, 5.74) is 0. The number of hydrogen-bond donors (Lipinski definition) is 0. The molecule has 0 saturated heterocycles. The molecule has 0 aromatic carbocycles. The van der Waals surface area contributed by atoms with Gasteiger partial charge in [0.05, 0.1) is 0 Å². The van der Waals surface area contributed by atoms with E-state index in [9.17, 15) is 8.39 Å². The molecule has 6 heteroatoms. The molecule has 0 fully saturated rings. The van der Waals surface area contributed by atoms with Crippen molar-refractivity contribution in [3.63, 3.8) is 0 Å². The van der Waals surface area contributed by atoms with Crippen LogP contribution in [0.15, 0.2) is 0 Å². The zero-order valence-electron chi connectivity index (χ0n) is 3.93. The number of rotatable bonds is 1. The van der Waals surface area contributed by atoms with E-state index < -0.39 is 15.3 Å². The minimum absolute atomic E-state index is 1.02. The van der Waals surface area contributed by atoms with Crippen LogP contribution in [0, 0.1) is 0 Å². The van der Waals surface area contributed by atoms with E-state index in [4.69, 9.17) is 0 Å². The van der Waals surface area contributed by atoms with Crippen molar-refractivity contribution in [3.05, 3.63) is 0 Å². The maximum absolute atomic E-state index is 11.7. The Morgan fingerprint density at radius 2 is 2.00 bits per heavy atom. The van der Waals surface area contributed by atoms with Crippen LogP contribution in [0.2, 0.25) is 0 Å². The average molecular weight is 138 g/mol. The van der Waals surface area contributed by atoms with Crippen LogP contribution in [0.3, 0.4) is 0 Å². The van der Waals surface area contributed by atoms with E-state index in [0.717, 1.165) is 6.34 Å². The standard InChI is InChI=1S/CH4B2F2P2/c1-6(4)3-7(2)5/h2H,1H3. The Morgan fingerprint density at radius 1 is 1.57 bits per heavy atom. The normalized spacial score (nSPS) is 15.4. The van der Waals surface area contributed by atoms with Gasteiger partial charge in [-0.1, -0.05) is 0 Å². The molecule has 0 aromatic heterocycles. The third kappa shape index (κ3) is 6.72. The van der Waals surface area contributed by atoms with Crippen molar-refractivity contribution in [2.45, 2.75) is 0 Å². The van der Waals surface area contributed by atoms with Crippen LogP contribution in [0.5, 0.6) is 0 Å². The molecule has 2 atom stereocenters. The van der Waals surface area contributed by atoms with Crippen LogP contribution < -0.4 is 0 Å². The molecule has 0 aromatic rings. The summed E-state index contributed by atoms with van der Waals surface area (Å²) in [7, 11) is -0.537. The second-order valence-electron chi connectivity index (χ2n) is 1.04. The Kier molecular flexibility index (Phi) is 4.07. The van der Waals surface area contributed by atoms with Gasteiger partial charge in [0.25, 0.3) is 0 Å². The van der Waals surface area contributed by atoms with Crippen molar-refractivity contribution in [1.82, 2.24) is 0 Å². The number of hydrogen-bond acceptors (Lipinski definition) is 0. The van der Waals surface area contributed by atoms with Gasteiger partial charge in [-0.05, 0) is 0 Å². The fourth-order valence-electron chi connectivity index (χ4n) is 0.173. The third-order valence-electron chi connectivity index (χ3n) is 0.284. The third-order valence-corrected chi connectivity index (χ3v) is 2.56. The van der Waals surface area contributed by atoms with Gasteiger partial charge in [-0.25, -0.2) is 0 Å². The van der Waals surface area contributed by atoms with Crippen molar-refractivity contribution in [2.75, 3.05) is 6.66 Å². The van der Waals surface area contributed by atoms with Crippen LogP contribution in [0.4, 0.5) is 8.39 Å². The molecule has 0 bridgehead atoms. The van der Waals surface area contributed by atoms with Crippen molar-refractivity contribution < 1.29 is 8.39 Å². The number of halogens is 2. The Morgan fingerprint density at radius 3 is 2.00 bits per heavy atom.